The highest BCUT2D eigenvalue weighted by molar-refractivity contribution is 7.81. The van der Waals surface area contributed by atoms with Crippen molar-refractivity contribution >= 4 is 12.6 Å². The van der Waals surface area contributed by atoms with Crippen molar-refractivity contribution < 1.29 is 5.11 Å². The van der Waals surface area contributed by atoms with Crippen LogP contribution in [0.4, 0.5) is 0 Å². The second kappa shape index (κ2) is 6.57. The van der Waals surface area contributed by atoms with Crippen LogP contribution in [0.3, 0.4) is 0 Å². The van der Waals surface area contributed by atoms with Crippen LogP contribution in [0.15, 0.2) is 36.5 Å². The normalized spacial score (nSPS) is 22.4. The molecule has 0 aliphatic carbocycles. The molecular formula is C14H24N2OS. The van der Waals surface area contributed by atoms with Gasteiger partial charge in [0.05, 0.1) is 5.60 Å². The maximum absolute atomic E-state index is 10.4. The molecule has 1 heterocycles. The number of nitrogens with two attached hydrogens (primary N) is 1. The third-order valence-corrected chi connectivity index (χ3v) is 4.25. The zero-order valence-corrected chi connectivity index (χ0v) is 12.0. The predicted molar refractivity (Wildman–Crippen MR) is 80.9 cm³/mol. The minimum atomic E-state index is -0.879. The minimum Gasteiger partial charge on any atom is -0.388 e. The third-order valence-electron chi connectivity index (χ3n) is 3.48. The molecular weight excluding hydrogens is 244 g/mol. The van der Waals surface area contributed by atoms with E-state index in [4.69, 9.17) is 5.73 Å². The van der Waals surface area contributed by atoms with Gasteiger partial charge >= 0.3 is 0 Å². The number of thiol groups is 1. The van der Waals surface area contributed by atoms with Gasteiger partial charge in [0.1, 0.15) is 0 Å². The molecule has 4 heteroatoms. The Labute approximate surface area is 115 Å². The molecule has 2 unspecified atom stereocenters. The molecule has 0 bridgehead atoms. The number of β-amino-alcohol motifs (C(OH)–C–C–N with tert-alkyl or cyclic N) is 1. The highest BCUT2D eigenvalue weighted by Crippen LogP contribution is 2.23. The van der Waals surface area contributed by atoms with E-state index in [0.717, 1.165) is 19.5 Å². The van der Waals surface area contributed by atoms with Crippen LogP contribution in [0.25, 0.3) is 0 Å². The van der Waals surface area contributed by atoms with Gasteiger partial charge in [0.2, 0.25) is 0 Å². The number of aliphatic hydroxyl groups is 1. The number of hydrogen-bond donors (Lipinski definition) is 3. The van der Waals surface area contributed by atoms with Crippen LogP contribution in [0.1, 0.15) is 13.3 Å². The molecule has 1 aliphatic rings. The van der Waals surface area contributed by atoms with Crippen LogP contribution < -0.4 is 5.73 Å². The maximum atomic E-state index is 10.4. The van der Waals surface area contributed by atoms with Gasteiger partial charge in [0, 0.05) is 31.4 Å². The van der Waals surface area contributed by atoms with Crippen molar-refractivity contribution in [1.82, 2.24) is 4.90 Å². The summed E-state index contributed by atoms with van der Waals surface area (Å²) in [5.41, 5.74) is 7.13. The minimum absolute atomic E-state index is 0.213. The summed E-state index contributed by atoms with van der Waals surface area (Å²) >= 11 is 4.34. The van der Waals surface area contributed by atoms with Gasteiger partial charge in [0.15, 0.2) is 0 Å². The van der Waals surface area contributed by atoms with Gasteiger partial charge < -0.3 is 10.8 Å². The lowest BCUT2D eigenvalue weighted by Gasteiger charge is -2.37. The van der Waals surface area contributed by atoms with Crippen molar-refractivity contribution in [3.63, 3.8) is 0 Å². The molecule has 0 saturated heterocycles. The van der Waals surface area contributed by atoms with Crippen molar-refractivity contribution in [2.45, 2.75) is 24.2 Å². The molecule has 0 amide bonds. The summed E-state index contributed by atoms with van der Waals surface area (Å²) in [6.45, 7) is 12.1. The summed E-state index contributed by atoms with van der Waals surface area (Å²) in [5, 5.41) is 10.1. The van der Waals surface area contributed by atoms with Crippen molar-refractivity contribution in [2.75, 3.05) is 26.2 Å². The van der Waals surface area contributed by atoms with E-state index in [1.54, 1.807) is 6.92 Å². The molecule has 2 atom stereocenters. The monoisotopic (exact) mass is 268 g/mol. The Morgan fingerprint density at radius 2 is 2.11 bits per heavy atom. The van der Waals surface area contributed by atoms with E-state index in [2.05, 4.69) is 30.7 Å². The average molecular weight is 268 g/mol. The summed E-state index contributed by atoms with van der Waals surface area (Å²) in [5.74, 6) is 0. The summed E-state index contributed by atoms with van der Waals surface area (Å²) in [6.07, 6.45) is 4.72. The molecule has 0 aromatic heterocycles. The third kappa shape index (κ3) is 3.72. The number of allylic oxidation sites excluding steroid dienone is 1. The fourth-order valence-electron chi connectivity index (χ4n) is 2.24. The molecule has 0 fully saturated rings. The van der Waals surface area contributed by atoms with E-state index in [0.29, 0.717) is 13.1 Å². The lowest BCUT2D eigenvalue weighted by molar-refractivity contribution is 0.0218. The van der Waals surface area contributed by atoms with Crippen molar-refractivity contribution in [3.8, 4) is 0 Å². The largest absolute Gasteiger partial charge is 0.388 e. The summed E-state index contributed by atoms with van der Waals surface area (Å²) in [7, 11) is 0. The quantitative estimate of drug-likeness (QED) is 0.638. The van der Waals surface area contributed by atoms with E-state index in [1.807, 2.05) is 12.2 Å². The smallest absolute Gasteiger partial charge is 0.0873 e. The second-order valence-electron chi connectivity index (χ2n) is 5.03. The standard InChI is InChI=1S/C14H24N2OS/c1-4-11-6-7-16(9-12(11)5-2)10-14(3,17)13(18)8-15/h4-5,13,17-18H,1-2,6-10,15H2,3H3. The van der Waals surface area contributed by atoms with Crippen molar-refractivity contribution in [3.05, 3.63) is 36.5 Å². The van der Waals surface area contributed by atoms with E-state index in [9.17, 15) is 5.11 Å². The zero-order valence-electron chi connectivity index (χ0n) is 11.1. The van der Waals surface area contributed by atoms with Gasteiger partial charge in [-0.2, -0.15) is 12.6 Å². The first-order valence-electron chi connectivity index (χ1n) is 6.24. The highest BCUT2D eigenvalue weighted by atomic mass is 32.1. The highest BCUT2D eigenvalue weighted by Gasteiger charge is 2.31. The Kier molecular flexibility index (Phi) is 5.66. The van der Waals surface area contributed by atoms with E-state index >= 15 is 0 Å². The van der Waals surface area contributed by atoms with Gasteiger partial charge in [-0.15, -0.1) is 0 Å². The van der Waals surface area contributed by atoms with Gasteiger partial charge in [-0.25, -0.2) is 0 Å². The SMILES string of the molecule is C=CC1=C(C=C)CN(CC(C)(O)C(S)CN)CC1. The topological polar surface area (TPSA) is 49.5 Å². The second-order valence-corrected chi connectivity index (χ2v) is 5.65. The summed E-state index contributed by atoms with van der Waals surface area (Å²) in [4.78, 5) is 2.21. The molecule has 0 aromatic rings. The molecule has 0 saturated carbocycles. The summed E-state index contributed by atoms with van der Waals surface area (Å²) in [6, 6.07) is 0. The molecule has 0 spiro atoms. The molecule has 0 radical (unpaired) electrons. The van der Waals surface area contributed by atoms with Crippen LogP contribution in [0.2, 0.25) is 0 Å². The molecule has 0 aromatic carbocycles. The van der Waals surface area contributed by atoms with Crippen LogP contribution in [0, 0.1) is 0 Å². The van der Waals surface area contributed by atoms with Gasteiger partial charge in [-0.3, -0.25) is 4.90 Å². The summed E-state index contributed by atoms with van der Waals surface area (Å²) < 4.78 is 0. The predicted octanol–water partition coefficient (Wildman–Crippen LogP) is 1.37. The van der Waals surface area contributed by atoms with Crippen LogP contribution in [-0.4, -0.2) is 47.0 Å². The Morgan fingerprint density at radius 3 is 2.61 bits per heavy atom. The van der Waals surface area contributed by atoms with E-state index in [1.165, 1.54) is 11.1 Å². The first-order valence-corrected chi connectivity index (χ1v) is 6.76. The molecule has 1 aliphatic heterocycles. The van der Waals surface area contributed by atoms with E-state index < -0.39 is 5.60 Å². The van der Waals surface area contributed by atoms with Crippen LogP contribution >= 0.6 is 12.6 Å². The molecule has 3 nitrogen and oxygen atoms in total. The molecule has 1 rings (SSSR count). The van der Waals surface area contributed by atoms with Crippen molar-refractivity contribution in [1.29, 1.82) is 0 Å². The Balaban J connectivity index is 2.70. The Hall–Kier alpha value is -0.550. The zero-order chi connectivity index (χ0) is 13.8. The fourth-order valence-corrected chi connectivity index (χ4v) is 2.32. The molecule has 3 N–H and O–H groups in total. The lowest BCUT2D eigenvalue weighted by atomic mass is 9.96. The molecule has 102 valence electrons. The Morgan fingerprint density at radius 1 is 1.50 bits per heavy atom. The van der Waals surface area contributed by atoms with Gasteiger partial charge in [-0.05, 0) is 24.5 Å². The fraction of sp³-hybridized carbons (Fsp3) is 0.571. The molecule has 18 heavy (non-hydrogen) atoms. The van der Waals surface area contributed by atoms with Crippen LogP contribution in [-0.2, 0) is 0 Å². The first-order chi connectivity index (χ1) is 8.44. The number of rotatable bonds is 6. The number of hydrogen-bond acceptors (Lipinski definition) is 4. The van der Waals surface area contributed by atoms with E-state index in [-0.39, 0.29) is 5.25 Å². The average Bonchev–Trinajstić information content (AvgIpc) is 2.36. The van der Waals surface area contributed by atoms with Crippen LogP contribution in [0.5, 0.6) is 0 Å². The Bertz CT molecular complexity index is 350. The van der Waals surface area contributed by atoms with Crippen molar-refractivity contribution in [2.24, 2.45) is 5.73 Å². The number of nitrogens with zero attached hydrogens (tertiary/aromatic N) is 1. The van der Waals surface area contributed by atoms with Gasteiger partial charge in [-0.1, -0.05) is 25.3 Å². The van der Waals surface area contributed by atoms with Gasteiger partial charge in [0.25, 0.3) is 0 Å². The maximum Gasteiger partial charge on any atom is 0.0873 e. The first kappa shape index (κ1) is 15.5. The lowest BCUT2D eigenvalue weighted by Crippen LogP contribution is -2.50.